The number of piperidine rings is 2. The molecule has 0 saturated carbocycles. The van der Waals surface area contributed by atoms with E-state index in [0.717, 1.165) is 19.0 Å². The Morgan fingerprint density at radius 1 is 0.762 bits per heavy atom. The number of nitrogens with zero attached hydrogens (tertiary/aromatic N) is 2. The molecule has 0 radical (unpaired) electrons. The molecular formula is C19H30N2. The third kappa shape index (κ3) is 4.55. The van der Waals surface area contributed by atoms with E-state index in [1.807, 2.05) is 0 Å². The van der Waals surface area contributed by atoms with Crippen molar-refractivity contribution in [2.75, 3.05) is 26.2 Å². The van der Waals surface area contributed by atoms with Crippen LogP contribution in [0, 0.1) is 5.92 Å². The summed E-state index contributed by atoms with van der Waals surface area (Å²) in [6.07, 6.45) is 6.92. The van der Waals surface area contributed by atoms with Crippen LogP contribution >= 0.6 is 0 Å². The number of benzene rings is 1. The molecule has 0 unspecified atom stereocenters. The van der Waals surface area contributed by atoms with Crippen LogP contribution in [-0.4, -0.2) is 36.0 Å². The number of hydrogen-bond donors (Lipinski definition) is 0. The highest BCUT2D eigenvalue weighted by Crippen LogP contribution is 2.19. The number of likely N-dealkylation sites (tertiary alicyclic amines) is 2. The van der Waals surface area contributed by atoms with Crippen molar-refractivity contribution in [3.8, 4) is 0 Å². The molecule has 0 aromatic heterocycles. The van der Waals surface area contributed by atoms with Crippen LogP contribution in [0.1, 0.15) is 50.2 Å². The summed E-state index contributed by atoms with van der Waals surface area (Å²) < 4.78 is 0. The largest absolute Gasteiger partial charge is 0.299 e. The molecule has 2 nitrogen and oxygen atoms in total. The van der Waals surface area contributed by atoms with E-state index in [2.05, 4.69) is 41.0 Å². The lowest BCUT2D eigenvalue weighted by Gasteiger charge is -2.30. The summed E-state index contributed by atoms with van der Waals surface area (Å²) in [4.78, 5) is 5.21. The lowest BCUT2D eigenvalue weighted by Crippen LogP contribution is -2.32. The summed E-state index contributed by atoms with van der Waals surface area (Å²) >= 11 is 0. The van der Waals surface area contributed by atoms with E-state index < -0.39 is 0 Å². The number of rotatable bonds is 4. The lowest BCUT2D eigenvalue weighted by atomic mass is 9.99. The van der Waals surface area contributed by atoms with Gasteiger partial charge in [0.15, 0.2) is 0 Å². The average Bonchev–Trinajstić information content (AvgIpc) is 2.53. The van der Waals surface area contributed by atoms with Gasteiger partial charge in [-0.2, -0.15) is 0 Å². The standard InChI is InChI=1S/C19H30N2/c1-17-9-13-21(14-10-17)16-19-7-5-18(6-8-19)15-20-11-3-2-4-12-20/h5-8,17H,2-4,9-16H2,1H3. The van der Waals surface area contributed by atoms with Gasteiger partial charge in [0.1, 0.15) is 0 Å². The van der Waals surface area contributed by atoms with Crippen molar-refractivity contribution >= 4 is 0 Å². The molecule has 2 heteroatoms. The molecule has 2 aliphatic heterocycles. The second-order valence-electron chi connectivity index (χ2n) is 7.11. The van der Waals surface area contributed by atoms with Gasteiger partial charge in [-0.3, -0.25) is 9.80 Å². The third-order valence-corrected chi connectivity index (χ3v) is 5.16. The number of hydrogen-bond acceptors (Lipinski definition) is 2. The molecular weight excluding hydrogens is 256 g/mol. The van der Waals surface area contributed by atoms with Crippen molar-refractivity contribution in [2.24, 2.45) is 5.92 Å². The quantitative estimate of drug-likeness (QED) is 0.828. The van der Waals surface area contributed by atoms with Crippen LogP contribution in [-0.2, 0) is 13.1 Å². The van der Waals surface area contributed by atoms with E-state index >= 15 is 0 Å². The maximum absolute atomic E-state index is 2.61. The van der Waals surface area contributed by atoms with Crippen molar-refractivity contribution in [1.29, 1.82) is 0 Å². The first-order chi connectivity index (χ1) is 10.3. The average molecular weight is 286 g/mol. The fourth-order valence-corrected chi connectivity index (χ4v) is 3.60. The predicted octanol–water partition coefficient (Wildman–Crippen LogP) is 3.90. The first-order valence-corrected chi connectivity index (χ1v) is 8.82. The minimum Gasteiger partial charge on any atom is -0.299 e. The minimum absolute atomic E-state index is 0.924. The van der Waals surface area contributed by atoms with Gasteiger partial charge in [0.05, 0.1) is 0 Å². The molecule has 0 bridgehead atoms. The van der Waals surface area contributed by atoms with Gasteiger partial charge in [-0.25, -0.2) is 0 Å². The molecule has 0 aliphatic carbocycles. The molecule has 3 rings (SSSR count). The van der Waals surface area contributed by atoms with E-state index in [4.69, 9.17) is 0 Å². The molecule has 2 heterocycles. The monoisotopic (exact) mass is 286 g/mol. The molecule has 1 aromatic carbocycles. The lowest BCUT2D eigenvalue weighted by molar-refractivity contribution is 0.185. The maximum Gasteiger partial charge on any atom is 0.0233 e. The van der Waals surface area contributed by atoms with Gasteiger partial charge in [-0.05, 0) is 68.9 Å². The van der Waals surface area contributed by atoms with Crippen molar-refractivity contribution in [3.63, 3.8) is 0 Å². The normalized spacial score (nSPS) is 22.5. The van der Waals surface area contributed by atoms with Crippen LogP contribution in [0.25, 0.3) is 0 Å². The van der Waals surface area contributed by atoms with E-state index in [9.17, 15) is 0 Å². The van der Waals surface area contributed by atoms with Gasteiger partial charge in [-0.15, -0.1) is 0 Å². The van der Waals surface area contributed by atoms with E-state index in [0.29, 0.717) is 0 Å². The van der Waals surface area contributed by atoms with Crippen LogP contribution in [0.15, 0.2) is 24.3 Å². The summed E-state index contributed by atoms with van der Waals surface area (Å²) in [7, 11) is 0. The van der Waals surface area contributed by atoms with Gasteiger partial charge < -0.3 is 0 Å². The zero-order valence-corrected chi connectivity index (χ0v) is 13.6. The Labute approximate surface area is 130 Å². The Morgan fingerprint density at radius 3 is 1.76 bits per heavy atom. The SMILES string of the molecule is CC1CCN(Cc2ccc(CN3CCCCC3)cc2)CC1. The topological polar surface area (TPSA) is 6.48 Å². The molecule has 2 saturated heterocycles. The highest BCUT2D eigenvalue weighted by molar-refractivity contribution is 5.22. The van der Waals surface area contributed by atoms with Gasteiger partial charge in [-0.1, -0.05) is 37.6 Å². The first kappa shape index (κ1) is 15.1. The zero-order valence-electron chi connectivity index (χ0n) is 13.6. The molecule has 2 aliphatic rings. The Bertz CT molecular complexity index is 412. The molecule has 0 atom stereocenters. The minimum atomic E-state index is 0.924. The van der Waals surface area contributed by atoms with Crippen molar-refractivity contribution in [3.05, 3.63) is 35.4 Å². The van der Waals surface area contributed by atoms with Crippen molar-refractivity contribution in [2.45, 2.75) is 52.1 Å². The van der Waals surface area contributed by atoms with E-state index in [-0.39, 0.29) is 0 Å². The van der Waals surface area contributed by atoms with Gasteiger partial charge in [0, 0.05) is 13.1 Å². The predicted molar refractivity (Wildman–Crippen MR) is 89.2 cm³/mol. The highest BCUT2D eigenvalue weighted by Gasteiger charge is 2.15. The van der Waals surface area contributed by atoms with Crippen LogP contribution in [0.3, 0.4) is 0 Å². The molecule has 0 spiro atoms. The van der Waals surface area contributed by atoms with E-state index in [1.165, 1.54) is 69.4 Å². The van der Waals surface area contributed by atoms with Crippen LogP contribution < -0.4 is 0 Å². The molecule has 21 heavy (non-hydrogen) atoms. The second-order valence-corrected chi connectivity index (χ2v) is 7.11. The smallest absolute Gasteiger partial charge is 0.0233 e. The van der Waals surface area contributed by atoms with Crippen molar-refractivity contribution < 1.29 is 0 Å². The zero-order chi connectivity index (χ0) is 14.5. The van der Waals surface area contributed by atoms with Gasteiger partial charge >= 0.3 is 0 Å². The first-order valence-electron chi connectivity index (χ1n) is 8.82. The third-order valence-electron chi connectivity index (χ3n) is 5.16. The Balaban J connectivity index is 1.49. The summed E-state index contributed by atoms with van der Waals surface area (Å²) in [5.41, 5.74) is 2.96. The molecule has 1 aromatic rings. The Hall–Kier alpha value is -0.860. The van der Waals surface area contributed by atoms with Gasteiger partial charge in [0.25, 0.3) is 0 Å². The van der Waals surface area contributed by atoms with Crippen molar-refractivity contribution in [1.82, 2.24) is 9.80 Å². The van der Waals surface area contributed by atoms with Crippen LogP contribution in [0.2, 0.25) is 0 Å². The summed E-state index contributed by atoms with van der Waals surface area (Å²) in [5.74, 6) is 0.924. The second kappa shape index (κ2) is 7.42. The summed E-state index contributed by atoms with van der Waals surface area (Å²) in [6.45, 7) is 9.78. The fourth-order valence-electron chi connectivity index (χ4n) is 3.60. The maximum atomic E-state index is 2.61. The van der Waals surface area contributed by atoms with Gasteiger partial charge in [0.2, 0.25) is 0 Å². The fraction of sp³-hybridized carbons (Fsp3) is 0.684. The summed E-state index contributed by atoms with van der Waals surface area (Å²) in [6, 6.07) is 9.38. The van der Waals surface area contributed by atoms with Crippen LogP contribution in [0.5, 0.6) is 0 Å². The Kier molecular flexibility index (Phi) is 5.32. The Morgan fingerprint density at radius 2 is 1.24 bits per heavy atom. The van der Waals surface area contributed by atoms with E-state index in [1.54, 1.807) is 0 Å². The highest BCUT2D eigenvalue weighted by atomic mass is 15.1. The summed E-state index contributed by atoms with van der Waals surface area (Å²) in [5, 5.41) is 0. The molecule has 0 N–H and O–H groups in total. The van der Waals surface area contributed by atoms with Crippen LogP contribution in [0.4, 0.5) is 0 Å². The molecule has 116 valence electrons. The molecule has 0 amide bonds. The molecule has 2 fully saturated rings.